The quantitative estimate of drug-likeness (QED) is 0.707. The minimum absolute atomic E-state index is 0.419. The average molecular weight is 184 g/mol. The number of benzene rings is 1. The van der Waals surface area contributed by atoms with Gasteiger partial charge >= 0.3 is 0 Å². The van der Waals surface area contributed by atoms with Gasteiger partial charge < -0.3 is 0 Å². The molecule has 0 bridgehead atoms. The van der Waals surface area contributed by atoms with Crippen LogP contribution in [0.2, 0.25) is 0 Å². The third-order valence-electron chi connectivity index (χ3n) is 1.88. The van der Waals surface area contributed by atoms with E-state index in [2.05, 4.69) is 16.4 Å². The molecule has 0 spiro atoms. The van der Waals surface area contributed by atoms with Crippen LogP contribution in [0.15, 0.2) is 36.7 Å². The van der Waals surface area contributed by atoms with Crippen molar-refractivity contribution < 1.29 is 0 Å². The molecule has 4 nitrogen and oxygen atoms in total. The van der Waals surface area contributed by atoms with Crippen molar-refractivity contribution in [2.24, 2.45) is 0 Å². The predicted molar refractivity (Wildman–Crippen MR) is 50.7 cm³/mol. The zero-order valence-corrected chi connectivity index (χ0v) is 7.46. The monoisotopic (exact) mass is 184 g/mol. The fourth-order valence-electron chi connectivity index (χ4n) is 1.25. The van der Waals surface area contributed by atoms with Crippen LogP contribution < -0.4 is 0 Å². The van der Waals surface area contributed by atoms with Gasteiger partial charge in [-0.05, 0) is 17.7 Å². The van der Waals surface area contributed by atoms with Crippen LogP contribution in [0.25, 0.3) is 5.69 Å². The van der Waals surface area contributed by atoms with E-state index >= 15 is 0 Å². The molecule has 2 aromatic rings. The lowest BCUT2D eigenvalue weighted by molar-refractivity contribution is 0.802. The van der Waals surface area contributed by atoms with Gasteiger partial charge in [0.15, 0.2) is 0 Å². The van der Waals surface area contributed by atoms with Gasteiger partial charge in [0.1, 0.15) is 0 Å². The van der Waals surface area contributed by atoms with Crippen molar-refractivity contribution >= 4 is 0 Å². The summed E-state index contributed by atoms with van der Waals surface area (Å²) < 4.78 is 1.67. The van der Waals surface area contributed by atoms with Gasteiger partial charge in [-0.1, -0.05) is 17.3 Å². The molecule has 2 rings (SSSR count). The molecule has 0 unspecified atom stereocenters. The zero-order valence-electron chi connectivity index (χ0n) is 7.46. The highest BCUT2D eigenvalue weighted by Crippen LogP contribution is 2.08. The molecule has 0 fully saturated rings. The van der Waals surface area contributed by atoms with Crippen LogP contribution in [-0.2, 0) is 6.42 Å². The summed E-state index contributed by atoms with van der Waals surface area (Å²) in [5.41, 5.74) is 1.91. The van der Waals surface area contributed by atoms with E-state index in [1.165, 1.54) is 0 Å². The summed E-state index contributed by atoms with van der Waals surface area (Å²) in [7, 11) is 0. The van der Waals surface area contributed by atoms with Gasteiger partial charge in [0, 0.05) is 0 Å². The molecule has 68 valence electrons. The van der Waals surface area contributed by atoms with E-state index in [1.807, 2.05) is 24.3 Å². The number of hydrogen-bond donors (Lipinski definition) is 0. The zero-order chi connectivity index (χ0) is 9.80. The molecule has 0 radical (unpaired) electrons. The molecule has 0 aliphatic heterocycles. The van der Waals surface area contributed by atoms with E-state index in [9.17, 15) is 0 Å². The Kier molecular flexibility index (Phi) is 2.24. The second kappa shape index (κ2) is 3.71. The van der Waals surface area contributed by atoms with Crippen molar-refractivity contribution in [1.82, 2.24) is 15.0 Å². The Morgan fingerprint density at radius 2 is 2.36 bits per heavy atom. The molecule has 14 heavy (non-hydrogen) atoms. The molecule has 1 heterocycles. The van der Waals surface area contributed by atoms with Crippen molar-refractivity contribution in [3.8, 4) is 11.8 Å². The Morgan fingerprint density at radius 3 is 3.07 bits per heavy atom. The van der Waals surface area contributed by atoms with Gasteiger partial charge in [0.05, 0.1) is 30.6 Å². The smallest absolute Gasteiger partial charge is 0.0697 e. The topological polar surface area (TPSA) is 54.5 Å². The lowest BCUT2D eigenvalue weighted by Crippen LogP contribution is -1.95. The van der Waals surface area contributed by atoms with Crippen LogP contribution in [0.4, 0.5) is 0 Å². The summed E-state index contributed by atoms with van der Waals surface area (Å²) >= 11 is 0. The van der Waals surface area contributed by atoms with Crippen molar-refractivity contribution in [3.63, 3.8) is 0 Å². The molecule has 0 aliphatic rings. The Morgan fingerprint density at radius 1 is 1.43 bits per heavy atom. The first-order valence-electron chi connectivity index (χ1n) is 4.23. The Balaban J connectivity index is 2.37. The van der Waals surface area contributed by atoms with E-state index < -0.39 is 0 Å². The third kappa shape index (κ3) is 1.62. The maximum absolute atomic E-state index is 8.56. The molecule has 0 atom stereocenters. The van der Waals surface area contributed by atoms with E-state index in [1.54, 1.807) is 17.1 Å². The van der Waals surface area contributed by atoms with Crippen molar-refractivity contribution in [1.29, 1.82) is 5.26 Å². The normalized spacial score (nSPS) is 9.64. The molecule has 0 N–H and O–H groups in total. The Labute approximate surface area is 81.4 Å². The van der Waals surface area contributed by atoms with Gasteiger partial charge in [-0.15, -0.1) is 5.10 Å². The highest BCUT2D eigenvalue weighted by Gasteiger charge is 1.97. The standard InChI is InChI=1S/C10H8N4/c11-5-4-9-2-1-3-10(8-9)14-7-6-12-13-14/h1-3,6-8H,4H2. The SMILES string of the molecule is N#CCc1cccc(-n2ccnn2)c1. The lowest BCUT2D eigenvalue weighted by atomic mass is 10.1. The van der Waals surface area contributed by atoms with E-state index in [4.69, 9.17) is 5.26 Å². The fourth-order valence-corrected chi connectivity index (χ4v) is 1.25. The van der Waals surface area contributed by atoms with Gasteiger partial charge in [-0.2, -0.15) is 5.26 Å². The second-order valence-corrected chi connectivity index (χ2v) is 2.85. The van der Waals surface area contributed by atoms with Gasteiger partial charge in [0.2, 0.25) is 0 Å². The molecule has 1 aromatic heterocycles. The fraction of sp³-hybridized carbons (Fsp3) is 0.100. The first-order chi connectivity index (χ1) is 6.90. The van der Waals surface area contributed by atoms with Crippen molar-refractivity contribution in [2.45, 2.75) is 6.42 Å². The lowest BCUT2D eigenvalue weighted by Gasteiger charge is -2.01. The summed E-state index contributed by atoms with van der Waals surface area (Å²) in [6, 6.07) is 9.79. The third-order valence-corrected chi connectivity index (χ3v) is 1.88. The van der Waals surface area contributed by atoms with E-state index in [0.717, 1.165) is 11.3 Å². The minimum atomic E-state index is 0.419. The summed E-state index contributed by atoms with van der Waals surface area (Å²) in [4.78, 5) is 0. The summed E-state index contributed by atoms with van der Waals surface area (Å²) in [5, 5.41) is 16.2. The van der Waals surface area contributed by atoms with Crippen LogP contribution in [0.5, 0.6) is 0 Å². The van der Waals surface area contributed by atoms with Gasteiger partial charge in [-0.3, -0.25) is 0 Å². The van der Waals surface area contributed by atoms with Crippen LogP contribution in [0.1, 0.15) is 5.56 Å². The largest absolute Gasteiger partial charge is 0.221 e. The number of rotatable bonds is 2. The summed E-state index contributed by atoms with van der Waals surface area (Å²) in [6.45, 7) is 0. The molecular formula is C10H8N4. The van der Waals surface area contributed by atoms with Crippen molar-refractivity contribution in [2.75, 3.05) is 0 Å². The number of hydrogen-bond acceptors (Lipinski definition) is 3. The highest BCUT2D eigenvalue weighted by atomic mass is 15.4. The average Bonchev–Trinajstić information content (AvgIpc) is 2.71. The van der Waals surface area contributed by atoms with E-state index in [0.29, 0.717) is 6.42 Å². The molecule has 0 saturated carbocycles. The number of nitrogens with zero attached hydrogens (tertiary/aromatic N) is 4. The first kappa shape index (κ1) is 8.45. The predicted octanol–water partition coefficient (Wildman–Crippen LogP) is 1.33. The molecule has 0 saturated heterocycles. The van der Waals surface area contributed by atoms with Gasteiger partial charge in [0.25, 0.3) is 0 Å². The number of aromatic nitrogens is 3. The summed E-state index contributed by atoms with van der Waals surface area (Å²) in [5.74, 6) is 0. The van der Waals surface area contributed by atoms with Crippen molar-refractivity contribution in [3.05, 3.63) is 42.2 Å². The van der Waals surface area contributed by atoms with E-state index in [-0.39, 0.29) is 0 Å². The van der Waals surface area contributed by atoms with Gasteiger partial charge in [-0.25, -0.2) is 4.68 Å². The molecule has 0 amide bonds. The second-order valence-electron chi connectivity index (χ2n) is 2.85. The van der Waals surface area contributed by atoms with Crippen LogP contribution in [0.3, 0.4) is 0 Å². The van der Waals surface area contributed by atoms with Crippen LogP contribution >= 0.6 is 0 Å². The first-order valence-corrected chi connectivity index (χ1v) is 4.23. The molecule has 0 aliphatic carbocycles. The Hall–Kier alpha value is -2.15. The minimum Gasteiger partial charge on any atom is -0.221 e. The Bertz CT molecular complexity index is 453. The van der Waals surface area contributed by atoms with Crippen LogP contribution in [-0.4, -0.2) is 15.0 Å². The maximum Gasteiger partial charge on any atom is 0.0697 e. The summed E-state index contributed by atoms with van der Waals surface area (Å²) in [6.07, 6.45) is 3.81. The number of nitriles is 1. The molecule has 4 heteroatoms. The highest BCUT2D eigenvalue weighted by molar-refractivity contribution is 5.35. The van der Waals surface area contributed by atoms with Crippen LogP contribution in [0, 0.1) is 11.3 Å². The maximum atomic E-state index is 8.56. The molecular weight excluding hydrogens is 176 g/mol. The molecule has 1 aromatic carbocycles.